The van der Waals surface area contributed by atoms with Crippen LogP contribution in [0.1, 0.15) is 25.4 Å². The molecule has 2 rings (SSSR count). The SMILES string of the molecule is IC(CC(I)c1ccccc1)c1ccccc1. The van der Waals surface area contributed by atoms with Crippen LogP contribution >= 0.6 is 45.2 Å². The van der Waals surface area contributed by atoms with E-state index < -0.39 is 0 Å². The van der Waals surface area contributed by atoms with Crippen molar-refractivity contribution in [2.45, 2.75) is 14.3 Å². The van der Waals surface area contributed by atoms with Gasteiger partial charge in [0.25, 0.3) is 0 Å². The van der Waals surface area contributed by atoms with E-state index in [0.717, 1.165) is 0 Å². The van der Waals surface area contributed by atoms with Gasteiger partial charge < -0.3 is 0 Å². The van der Waals surface area contributed by atoms with Gasteiger partial charge in [0.05, 0.1) is 0 Å². The minimum atomic E-state index is 0.580. The number of hydrogen-bond donors (Lipinski definition) is 0. The number of rotatable bonds is 4. The van der Waals surface area contributed by atoms with Crippen LogP contribution in [0.2, 0.25) is 0 Å². The fraction of sp³-hybridized carbons (Fsp3) is 0.200. The second-order valence-electron chi connectivity index (χ2n) is 3.99. The molecule has 0 fully saturated rings. The van der Waals surface area contributed by atoms with Gasteiger partial charge in [-0.05, 0) is 17.5 Å². The van der Waals surface area contributed by atoms with Crippen molar-refractivity contribution in [1.29, 1.82) is 0 Å². The fourth-order valence-corrected chi connectivity index (χ4v) is 4.60. The molecule has 2 heteroatoms. The van der Waals surface area contributed by atoms with Gasteiger partial charge in [0, 0.05) is 7.85 Å². The van der Waals surface area contributed by atoms with Crippen molar-refractivity contribution < 1.29 is 0 Å². The topological polar surface area (TPSA) is 0 Å². The predicted molar refractivity (Wildman–Crippen MR) is 91.0 cm³/mol. The highest BCUT2D eigenvalue weighted by atomic mass is 127. The lowest BCUT2D eigenvalue weighted by Gasteiger charge is -2.15. The zero-order valence-corrected chi connectivity index (χ0v) is 13.7. The molecule has 0 saturated carbocycles. The van der Waals surface area contributed by atoms with Crippen LogP contribution in [0, 0.1) is 0 Å². The van der Waals surface area contributed by atoms with Crippen LogP contribution in [0.15, 0.2) is 60.7 Å². The summed E-state index contributed by atoms with van der Waals surface area (Å²) >= 11 is 5.09. The van der Waals surface area contributed by atoms with Crippen LogP contribution in [0.3, 0.4) is 0 Å². The molecule has 0 spiro atoms. The van der Waals surface area contributed by atoms with E-state index in [1.165, 1.54) is 17.5 Å². The lowest BCUT2D eigenvalue weighted by atomic mass is 10.0. The lowest BCUT2D eigenvalue weighted by molar-refractivity contribution is 0.830. The van der Waals surface area contributed by atoms with Crippen molar-refractivity contribution in [3.63, 3.8) is 0 Å². The highest BCUT2D eigenvalue weighted by Crippen LogP contribution is 2.38. The van der Waals surface area contributed by atoms with Crippen molar-refractivity contribution >= 4 is 45.2 Å². The van der Waals surface area contributed by atoms with Crippen molar-refractivity contribution in [3.8, 4) is 0 Å². The molecule has 2 unspecified atom stereocenters. The highest BCUT2D eigenvalue weighted by Gasteiger charge is 2.14. The Morgan fingerprint density at radius 2 is 1.00 bits per heavy atom. The average molecular weight is 448 g/mol. The monoisotopic (exact) mass is 448 g/mol. The standard InChI is InChI=1S/C15H14I2/c16-14(12-7-3-1-4-8-12)11-15(17)13-9-5-2-6-10-13/h1-10,14-15H,11H2. The van der Waals surface area contributed by atoms with Gasteiger partial charge in [0.15, 0.2) is 0 Å². The van der Waals surface area contributed by atoms with E-state index in [9.17, 15) is 0 Å². The quantitative estimate of drug-likeness (QED) is 0.414. The van der Waals surface area contributed by atoms with Crippen LogP contribution in [0.25, 0.3) is 0 Å². The first-order valence-electron chi connectivity index (χ1n) is 5.65. The van der Waals surface area contributed by atoms with Gasteiger partial charge in [-0.3, -0.25) is 0 Å². The molecule has 0 aliphatic heterocycles. The van der Waals surface area contributed by atoms with E-state index in [4.69, 9.17) is 0 Å². The second-order valence-corrected chi connectivity index (χ2v) is 7.00. The molecule has 2 atom stereocenters. The predicted octanol–water partition coefficient (Wildman–Crippen LogP) is 5.73. The van der Waals surface area contributed by atoms with Gasteiger partial charge in [-0.2, -0.15) is 0 Å². The van der Waals surface area contributed by atoms with E-state index in [1.54, 1.807) is 0 Å². The zero-order chi connectivity index (χ0) is 12.1. The smallest absolute Gasteiger partial charge is 0.0372 e. The molecule has 0 aromatic heterocycles. The third kappa shape index (κ3) is 3.95. The van der Waals surface area contributed by atoms with E-state index in [2.05, 4.69) is 106 Å². The summed E-state index contributed by atoms with van der Waals surface area (Å²) in [5.41, 5.74) is 2.84. The van der Waals surface area contributed by atoms with E-state index >= 15 is 0 Å². The number of benzene rings is 2. The van der Waals surface area contributed by atoms with E-state index in [1.807, 2.05) is 0 Å². The molecule has 0 radical (unpaired) electrons. The largest absolute Gasteiger partial charge is 0.0774 e. The number of halogens is 2. The first-order valence-corrected chi connectivity index (χ1v) is 8.14. The number of alkyl halides is 2. The van der Waals surface area contributed by atoms with Gasteiger partial charge in [-0.25, -0.2) is 0 Å². The van der Waals surface area contributed by atoms with E-state index in [-0.39, 0.29) is 0 Å². The van der Waals surface area contributed by atoms with Crippen molar-refractivity contribution in [2.24, 2.45) is 0 Å². The van der Waals surface area contributed by atoms with Gasteiger partial charge in [0.2, 0.25) is 0 Å². The zero-order valence-electron chi connectivity index (χ0n) is 9.39. The Balaban J connectivity index is 2.02. The van der Waals surface area contributed by atoms with Gasteiger partial charge in [0.1, 0.15) is 0 Å². The Morgan fingerprint density at radius 3 is 1.35 bits per heavy atom. The van der Waals surface area contributed by atoms with Crippen LogP contribution in [-0.2, 0) is 0 Å². The molecule has 2 aromatic rings. The highest BCUT2D eigenvalue weighted by molar-refractivity contribution is 14.1. The van der Waals surface area contributed by atoms with Gasteiger partial charge >= 0.3 is 0 Å². The Kier molecular flexibility index (Phi) is 5.28. The minimum absolute atomic E-state index is 0.580. The third-order valence-corrected chi connectivity index (χ3v) is 5.19. The first-order chi connectivity index (χ1) is 8.27. The maximum Gasteiger partial charge on any atom is 0.0372 e. The fourth-order valence-electron chi connectivity index (χ4n) is 1.78. The maximum atomic E-state index is 2.54. The molecule has 17 heavy (non-hydrogen) atoms. The van der Waals surface area contributed by atoms with Crippen molar-refractivity contribution in [3.05, 3.63) is 71.8 Å². The van der Waals surface area contributed by atoms with Crippen molar-refractivity contribution in [1.82, 2.24) is 0 Å². The van der Waals surface area contributed by atoms with Crippen LogP contribution < -0.4 is 0 Å². The van der Waals surface area contributed by atoms with Crippen LogP contribution in [-0.4, -0.2) is 0 Å². The Morgan fingerprint density at radius 1 is 0.647 bits per heavy atom. The molecule has 88 valence electrons. The molecular weight excluding hydrogens is 434 g/mol. The molecular formula is C15H14I2. The summed E-state index contributed by atoms with van der Waals surface area (Å²) in [6.45, 7) is 0. The second kappa shape index (κ2) is 6.73. The molecule has 0 amide bonds. The lowest BCUT2D eigenvalue weighted by Crippen LogP contribution is -1.96. The molecule has 0 N–H and O–H groups in total. The van der Waals surface area contributed by atoms with Crippen molar-refractivity contribution in [2.75, 3.05) is 0 Å². The average Bonchev–Trinajstić information content (AvgIpc) is 2.40. The Hall–Kier alpha value is -0.1000. The van der Waals surface area contributed by atoms with Gasteiger partial charge in [-0.1, -0.05) is 106 Å². The normalized spacial score (nSPS) is 14.2. The molecule has 0 heterocycles. The molecule has 0 bridgehead atoms. The molecule has 0 saturated heterocycles. The van der Waals surface area contributed by atoms with E-state index in [0.29, 0.717) is 7.85 Å². The molecule has 0 aliphatic carbocycles. The summed E-state index contributed by atoms with van der Waals surface area (Å²) in [6, 6.07) is 21.5. The minimum Gasteiger partial charge on any atom is -0.0774 e. The molecule has 0 aliphatic rings. The summed E-state index contributed by atoms with van der Waals surface area (Å²) in [5.74, 6) is 0. The summed E-state index contributed by atoms with van der Waals surface area (Å²) in [7, 11) is 0. The van der Waals surface area contributed by atoms with Crippen LogP contribution in [0.4, 0.5) is 0 Å². The Bertz CT molecular complexity index is 395. The Labute approximate surface area is 130 Å². The summed E-state index contributed by atoms with van der Waals surface area (Å²) in [5, 5.41) is 0. The summed E-state index contributed by atoms with van der Waals surface area (Å²) < 4.78 is 1.16. The number of hydrogen-bond acceptors (Lipinski definition) is 0. The molecule has 2 aromatic carbocycles. The first kappa shape index (κ1) is 13.3. The summed E-state index contributed by atoms with van der Waals surface area (Å²) in [4.78, 5) is 0. The van der Waals surface area contributed by atoms with Gasteiger partial charge in [-0.15, -0.1) is 0 Å². The van der Waals surface area contributed by atoms with Crippen LogP contribution in [0.5, 0.6) is 0 Å². The molecule has 0 nitrogen and oxygen atoms in total. The summed E-state index contributed by atoms with van der Waals surface area (Å²) in [6.07, 6.45) is 1.18. The maximum absolute atomic E-state index is 2.54. The third-order valence-electron chi connectivity index (χ3n) is 2.74.